The van der Waals surface area contributed by atoms with Gasteiger partial charge in [-0.25, -0.2) is 9.97 Å². The summed E-state index contributed by atoms with van der Waals surface area (Å²) in [4.78, 5) is 27.3. The summed E-state index contributed by atoms with van der Waals surface area (Å²) >= 11 is 1.53. The van der Waals surface area contributed by atoms with Gasteiger partial charge in [0.15, 0.2) is 5.16 Å². The van der Waals surface area contributed by atoms with Crippen molar-refractivity contribution in [3.05, 3.63) is 47.0 Å². The molecule has 6 heteroatoms. The number of hydrogen-bond donors (Lipinski definition) is 0. The van der Waals surface area contributed by atoms with E-state index >= 15 is 0 Å². The van der Waals surface area contributed by atoms with Crippen LogP contribution < -0.4 is 0 Å². The van der Waals surface area contributed by atoms with Crippen molar-refractivity contribution >= 4 is 17.7 Å². The molecule has 0 saturated carbocycles. The molecule has 2 aromatic heterocycles. The number of aryl methyl sites for hydroxylation is 2. The topological polar surface area (TPSA) is 59.0 Å². The van der Waals surface area contributed by atoms with E-state index in [1.54, 1.807) is 17.3 Å². The van der Waals surface area contributed by atoms with E-state index in [1.165, 1.54) is 11.8 Å². The van der Waals surface area contributed by atoms with Crippen molar-refractivity contribution in [2.75, 3.05) is 13.3 Å². The Kier molecular flexibility index (Phi) is 6.31. The molecule has 128 valence electrons. The molecule has 1 atom stereocenters. The largest absolute Gasteiger partial charge is 0.339 e. The average Bonchev–Trinajstić information content (AvgIpc) is 2.60. The van der Waals surface area contributed by atoms with Crippen LogP contribution in [-0.4, -0.2) is 39.1 Å². The molecule has 0 aliphatic rings. The van der Waals surface area contributed by atoms with Crippen LogP contribution in [0, 0.1) is 13.8 Å². The van der Waals surface area contributed by atoms with E-state index in [4.69, 9.17) is 0 Å². The summed E-state index contributed by atoms with van der Waals surface area (Å²) in [7, 11) is 1.85. The highest BCUT2D eigenvalue weighted by Gasteiger charge is 2.18. The Hall–Kier alpha value is -1.95. The van der Waals surface area contributed by atoms with E-state index in [0.717, 1.165) is 27.7 Å². The summed E-state index contributed by atoms with van der Waals surface area (Å²) < 4.78 is 0. The fourth-order valence-corrected chi connectivity index (χ4v) is 3.11. The van der Waals surface area contributed by atoms with Crippen LogP contribution in [0.15, 0.2) is 29.7 Å². The minimum Gasteiger partial charge on any atom is -0.339 e. The van der Waals surface area contributed by atoms with Gasteiger partial charge in [-0.05, 0) is 56.7 Å². The normalized spacial score (nSPS) is 12.0. The Morgan fingerprint density at radius 3 is 2.33 bits per heavy atom. The molecule has 5 nitrogen and oxygen atoms in total. The van der Waals surface area contributed by atoms with Gasteiger partial charge in [-0.3, -0.25) is 9.78 Å². The molecule has 1 amide bonds. The molecule has 0 saturated heterocycles. The summed E-state index contributed by atoms with van der Waals surface area (Å²) in [6.45, 7) is 6.00. The molecule has 2 aromatic rings. The third-order valence-corrected chi connectivity index (χ3v) is 4.88. The van der Waals surface area contributed by atoms with E-state index in [9.17, 15) is 4.79 Å². The molecule has 0 N–H and O–H groups in total. The zero-order valence-electron chi connectivity index (χ0n) is 14.9. The molecule has 0 fully saturated rings. The standard InChI is InChI=1S/C18H24N4OS/c1-12-16(13(2)21-18(20-12)24-5)6-7-17(23)22(4)14(3)15-8-10-19-11-9-15/h8-11,14H,6-7H2,1-5H3. The minimum absolute atomic E-state index is 0.0258. The maximum atomic E-state index is 12.5. The lowest BCUT2D eigenvalue weighted by Crippen LogP contribution is -2.30. The number of nitrogens with zero attached hydrogens (tertiary/aromatic N) is 4. The Morgan fingerprint density at radius 1 is 1.21 bits per heavy atom. The number of rotatable bonds is 6. The number of pyridine rings is 1. The van der Waals surface area contributed by atoms with Crippen molar-refractivity contribution < 1.29 is 4.79 Å². The highest BCUT2D eigenvalue weighted by molar-refractivity contribution is 7.98. The Morgan fingerprint density at radius 2 is 1.79 bits per heavy atom. The van der Waals surface area contributed by atoms with Crippen LogP contribution in [0.1, 0.15) is 41.9 Å². The molecule has 0 aromatic carbocycles. The fraction of sp³-hybridized carbons (Fsp3) is 0.444. The lowest BCUT2D eigenvalue weighted by Gasteiger charge is -2.25. The van der Waals surface area contributed by atoms with Crippen LogP contribution in [-0.2, 0) is 11.2 Å². The highest BCUT2D eigenvalue weighted by Crippen LogP contribution is 2.21. The van der Waals surface area contributed by atoms with Crippen molar-refractivity contribution in [3.63, 3.8) is 0 Å². The minimum atomic E-state index is 0.0258. The lowest BCUT2D eigenvalue weighted by molar-refractivity contribution is -0.131. The lowest BCUT2D eigenvalue weighted by atomic mass is 10.0. The monoisotopic (exact) mass is 344 g/mol. The van der Waals surface area contributed by atoms with E-state index < -0.39 is 0 Å². The SMILES string of the molecule is CSc1nc(C)c(CCC(=O)N(C)C(C)c2ccncc2)c(C)n1. The first-order valence-corrected chi connectivity index (χ1v) is 9.20. The number of amides is 1. The maximum absolute atomic E-state index is 12.5. The van der Waals surface area contributed by atoms with Crippen LogP contribution in [0.25, 0.3) is 0 Å². The van der Waals surface area contributed by atoms with Gasteiger partial charge in [0, 0.05) is 37.3 Å². The van der Waals surface area contributed by atoms with Gasteiger partial charge in [-0.15, -0.1) is 0 Å². The third kappa shape index (κ3) is 4.32. The van der Waals surface area contributed by atoms with Crippen molar-refractivity contribution in [2.24, 2.45) is 0 Å². The summed E-state index contributed by atoms with van der Waals surface area (Å²) in [5.74, 6) is 0.118. The van der Waals surface area contributed by atoms with Crippen LogP contribution in [0.4, 0.5) is 0 Å². The Balaban J connectivity index is 2.03. The van der Waals surface area contributed by atoms with Gasteiger partial charge in [-0.1, -0.05) is 11.8 Å². The molecule has 0 aliphatic carbocycles. The number of thioether (sulfide) groups is 1. The predicted molar refractivity (Wildman–Crippen MR) is 97.0 cm³/mol. The van der Waals surface area contributed by atoms with Gasteiger partial charge in [-0.2, -0.15) is 0 Å². The van der Waals surface area contributed by atoms with Gasteiger partial charge in [0.1, 0.15) is 0 Å². The molecule has 2 heterocycles. The van der Waals surface area contributed by atoms with Gasteiger partial charge in [0.25, 0.3) is 0 Å². The first-order chi connectivity index (χ1) is 11.4. The molecule has 2 rings (SSSR count). The summed E-state index contributed by atoms with van der Waals surface area (Å²) in [6, 6.07) is 3.91. The molecule has 0 radical (unpaired) electrons. The molecule has 0 aliphatic heterocycles. The number of carbonyl (C=O) groups is 1. The number of hydrogen-bond acceptors (Lipinski definition) is 5. The van der Waals surface area contributed by atoms with E-state index in [0.29, 0.717) is 12.8 Å². The number of carbonyl (C=O) groups excluding carboxylic acids is 1. The van der Waals surface area contributed by atoms with Gasteiger partial charge < -0.3 is 4.90 Å². The zero-order chi connectivity index (χ0) is 17.7. The molecular weight excluding hydrogens is 320 g/mol. The van der Waals surface area contributed by atoms with Gasteiger partial charge in [0.05, 0.1) is 6.04 Å². The van der Waals surface area contributed by atoms with Crippen molar-refractivity contribution in [3.8, 4) is 0 Å². The first-order valence-electron chi connectivity index (χ1n) is 7.97. The van der Waals surface area contributed by atoms with Crippen LogP contribution in [0.5, 0.6) is 0 Å². The maximum Gasteiger partial charge on any atom is 0.223 e. The quantitative estimate of drug-likeness (QED) is 0.594. The summed E-state index contributed by atoms with van der Waals surface area (Å²) in [5, 5.41) is 0.781. The fourth-order valence-electron chi connectivity index (χ4n) is 2.65. The van der Waals surface area contributed by atoms with E-state index in [2.05, 4.69) is 15.0 Å². The van der Waals surface area contributed by atoms with Gasteiger partial charge >= 0.3 is 0 Å². The summed E-state index contributed by atoms with van der Waals surface area (Å²) in [5.41, 5.74) is 4.08. The predicted octanol–water partition coefficient (Wildman–Crippen LogP) is 3.36. The Labute approximate surface area is 147 Å². The Bertz CT molecular complexity index is 682. The van der Waals surface area contributed by atoms with Crippen LogP contribution in [0.2, 0.25) is 0 Å². The second-order valence-electron chi connectivity index (χ2n) is 5.82. The van der Waals surface area contributed by atoms with E-state index in [-0.39, 0.29) is 11.9 Å². The van der Waals surface area contributed by atoms with Crippen molar-refractivity contribution in [2.45, 2.75) is 44.8 Å². The van der Waals surface area contributed by atoms with E-state index in [1.807, 2.05) is 46.2 Å². The average molecular weight is 344 g/mol. The highest BCUT2D eigenvalue weighted by atomic mass is 32.2. The molecule has 24 heavy (non-hydrogen) atoms. The second-order valence-corrected chi connectivity index (χ2v) is 6.59. The van der Waals surface area contributed by atoms with Crippen LogP contribution >= 0.6 is 11.8 Å². The van der Waals surface area contributed by atoms with Crippen molar-refractivity contribution in [1.29, 1.82) is 0 Å². The smallest absolute Gasteiger partial charge is 0.223 e. The molecular formula is C18H24N4OS. The molecule has 0 spiro atoms. The van der Waals surface area contributed by atoms with Gasteiger partial charge in [0.2, 0.25) is 5.91 Å². The van der Waals surface area contributed by atoms with Crippen molar-refractivity contribution in [1.82, 2.24) is 19.9 Å². The number of aromatic nitrogens is 3. The molecule has 0 bridgehead atoms. The molecule has 1 unspecified atom stereocenters. The van der Waals surface area contributed by atoms with Crippen LogP contribution in [0.3, 0.4) is 0 Å². The second kappa shape index (κ2) is 8.24. The zero-order valence-corrected chi connectivity index (χ0v) is 15.7. The third-order valence-electron chi connectivity index (χ3n) is 4.33. The first kappa shape index (κ1) is 18.4. The summed E-state index contributed by atoms with van der Waals surface area (Å²) in [6.07, 6.45) is 6.59.